The molecule has 0 saturated carbocycles. The van der Waals surface area contributed by atoms with Gasteiger partial charge in [-0.05, 0) is 30.3 Å². The van der Waals surface area contributed by atoms with Crippen LogP contribution >= 0.6 is 11.6 Å². The first-order chi connectivity index (χ1) is 13.4. The highest BCUT2D eigenvalue weighted by Crippen LogP contribution is 2.36. The molecule has 0 bridgehead atoms. The minimum absolute atomic E-state index is 0.0346. The van der Waals surface area contributed by atoms with E-state index >= 15 is 0 Å². The van der Waals surface area contributed by atoms with Gasteiger partial charge >= 0.3 is 0 Å². The van der Waals surface area contributed by atoms with Crippen molar-refractivity contribution in [1.29, 1.82) is 0 Å². The average Bonchev–Trinajstić information content (AvgIpc) is 2.96. The number of hydrogen-bond acceptors (Lipinski definition) is 6. The lowest BCUT2D eigenvalue weighted by molar-refractivity contribution is 0.0879. The van der Waals surface area contributed by atoms with Gasteiger partial charge in [0.15, 0.2) is 0 Å². The molecule has 4 rings (SSSR count). The smallest absolute Gasteiger partial charge is 0.261 e. The van der Waals surface area contributed by atoms with Crippen LogP contribution in [0, 0.1) is 0 Å². The number of carbonyl (C=O) groups is 2. The highest BCUT2D eigenvalue weighted by Gasteiger charge is 2.29. The van der Waals surface area contributed by atoms with E-state index in [1.54, 1.807) is 18.2 Å². The van der Waals surface area contributed by atoms with E-state index in [2.05, 4.69) is 10.0 Å². The van der Waals surface area contributed by atoms with E-state index in [1.807, 2.05) is 4.90 Å². The Morgan fingerprint density at radius 3 is 2.50 bits per heavy atom. The zero-order valence-electron chi connectivity index (χ0n) is 14.6. The third-order valence-electron chi connectivity index (χ3n) is 4.58. The lowest BCUT2D eigenvalue weighted by atomic mass is 10.1. The van der Waals surface area contributed by atoms with Gasteiger partial charge < -0.3 is 9.64 Å². The van der Waals surface area contributed by atoms with E-state index < -0.39 is 21.8 Å². The molecule has 1 saturated heterocycles. The molecule has 0 spiro atoms. The Kier molecular flexibility index (Phi) is 4.74. The van der Waals surface area contributed by atoms with Crippen molar-refractivity contribution in [2.45, 2.75) is 4.90 Å². The average molecular weight is 422 g/mol. The predicted molar refractivity (Wildman–Crippen MR) is 104 cm³/mol. The summed E-state index contributed by atoms with van der Waals surface area (Å²) in [5.74, 6) is -1.16. The third kappa shape index (κ3) is 3.32. The lowest BCUT2D eigenvalue weighted by Crippen LogP contribution is -2.37. The number of rotatable bonds is 4. The third-order valence-corrected chi connectivity index (χ3v) is 6.24. The van der Waals surface area contributed by atoms with Gasteiger partial charge in [-0.25, -0.2) is 8.42 Å². The minimum Gasteiger partial charge on any atom is -0.378 e. The van der Waals surface area contributed by atoms with E-state index in [4.69, 9.17) is 16.3 Å². The molecule has 0 aromatic heterocycles. The zero-order chi connectivity index (χ0) is 19.9. The number of carbonyl (C=O) groups excluding carboxylic acids is 2. The maximum Gasteiger partial charge on any atom is 0.261 e. The second-order valence-electron chi connectivity index (χ2n) is 6.33. The molecule has 2 N–H and O–H groups in total. The van der Waals surface area contributed by atoms with Crippen molar-refractivity contribution < 1.29 is 22.7 Å². The molecule has 2 amide bonds. The molecule has 0 aliphatic carbocycles. The number of benzene rings is 2. The number of fused-ring (bicyclic) bond motifs is 1. The van der Waals surface area contributed by atoms with E-state index in [0.29, 0.717) is 42.7 Å². The van der Waals surface area contributed by atoms with Gasteiger partial charge in [-0.15, -0.1) is 0 Å². The van der Waals surface area contributed by atoms with Crippen molar-refractivity contribution in [3.05, 3.63) is 52.5 Å². The Bertz CT molecular complexity index is 1080. The zero-order valence-corrected chi connectivity index (χ0v) is 16.1. The van der Waals surface area contributed by atoms with E-state index in [9.17, 15) is 18.0 Å². The Morgan fingerprint density at radius 2 is 1.75 bits per heavy atom. The molecule has 0 radical (unpaired) electrons. The quantitative estimate of drug-likeness (QED) is 0.730. The van der Waals surface area contributed by atoms with Crippen molar-refractivity contribution in [2.75, 3.05) is 35.9 Å². The molecule has 2 heterocycles. The number of imide groups is 1. The molecule has 28 heavy (non-hydrogen) atoms. The van der Waals surface area contributed by atoms with E-state index in [-0.39, 0.29) is 16.0 Å². The van der Waals surface area contributed by atoms with Crippen molar-refractivity contribution in [2.24, 2.45) is 0 Å². The summed E-state index contributed by atoms with van der Waals surface area (Å²) in [6.07, 6.45) is 0. The summed E-state index contributed by atoms with van der Waals surface area (Å²) < 4.78 is 33.7. The molecule has 10 heteroatoms. The number of amides is 2. The Hall–Kier alpha value is -2.62. The SMILES string of the molecule is O=C1NC(=O)c2cc(S(=O)(=O)Nc3cccc(Cl)c3N3CCOCC3)ccc21. The molecule has 2 aromatic rings. The molecule has 2 aromatic carbocycles. The molecule has 2 aliphatic rings. The molecule has 2 aliphatic heterocycles. The topological polar surface area (TPSA) is 105 Å². The van der Waals surface area contributed by atoms with Crippen molar-refractivity contribution in [3.63, 3.8) is 0 Å². The Balaban J connectivity index is 1.70. The summed E-state index contributed by atoms with van der Waals surface area (Å²) in [5.41, 5.74) is 1.09. The highest BCUT2D eigenvalue weighted by molar-refractivity contribution is 7.92. The summed E-state index contributed by atoms with van der Waals surface area (Å²) in [6, 6.07) is 8.77. The fourth-order valence-electron chi connectivity index (χ4n) is 3.22. The number of hydrogen-bond donors (Lipinski definition) is 2. The van der Waals surface area contributed by atoms with Crippen LogP contribution in [0.3, 0.4) is 0 Å². The monoisotopic (exact) mass is 421 g/mol. The van der Waals surface area contributed by atoms with Gasteiger partial charge in [0.1, 0.15) is 0 Å². The van der Waals surface area contributed by atoms with Gasteiger partial charge in [0, 0.05) is 13.1 Å². The van der Waals surface area contributed by atoms with Crippen molar-refractivity contribution in [1.82, 2.24) is 5.32 Å². The fraction of sp³-hybridized carbons (Fsp3) is 0.222. The van der Waals surface area contributed by atoms with Gasteiger partial charge in [-0.3, -0.25) is 19.6 Å². The van der Waals surface area contributed by atoms with Crippen LogP contribution in [0.2, 0.25) is 5.02 Å². The van der Waals surface area contributed by atoms with E-state index in [1.165, 1.54) is 18.2 Å². The number of ether oxygens (including phenoxy) is 1. The standard InChI is InChI=1S/C18H16ClN3O5S/c19-14-2-1-3-15(16(14)22-6-8-27-9-7-22)21-28(25,26)11-4-5-12-13(10-11)18(24)20-17(12)23/h1-5,10,21H,6-9H2,(H,20,23,24). The largest absolute Gasteiger partial charge is 0.378 e. The molecular weight excluding hydrogens is 406 g/mol. The number of morpholine rings is 1. The van der Waals surface area contributed by atoms with Crippen LogP contribution in [0.4, 0.5) is 11.4 Å². The van der Waals surface area contributed by atoms with Gasteiger partial charge in [0.2, 0.25) is 0 Å². The number of anilines is 2. The van der Waals surface area contributed by atoms with Gasteiger partial charge in [0.25, 0.3) is 21.8 Å². The minimum atomic E-state index is -4.01. The number of halogens is 1. The summed E-state index contributed by atoms with van der Waals surface area (Å²) in [6.45, 7) is 2.20. The van der Waals surface area contributed by atoms with Gasteiger partial charge in [-0.2, -0.15) is 0 Å². The van der Waals surface area contributed by atoms with Crippen LogP contribution in [-0.2, 0) is 14.8 Å². The second kappa shape index (κ2) is 7.08. The molecule has 0 atom stereocenters. The summed E-state index contributed by atoms with van der Waals surface area (Å²) in [7, 11) is -4.01. The first kappa shape index (κ1) is 18.7. The lowest BCUT2D eigenvalue weighted by Gasteiger charge is -2.31. The van der Waals surface area contributed by atoms with Crippen LogP contribution in [-0.4, -0.2) is 46.5 Å². The van der Waals surface area contributed by atoms with Crippen molar-refractivity contribution in [3.8, 4) is 0 Å². The normalized spacial score (nSPS) is 16.7. The van der Waals surface area contributed by atoms with E-state index in [0.717, 1.165) is 0 Å². The highest BCUT2D eigenvalue weighted by atomic mass is 35.5. The number of nitrogens with one attached hydrogen (secondary N) is 2. The number of para-hydroxylation sites is 1. The van der Waals surface area contributed by atoms with Gasteiger partial charge in [-0.1, -0.05) is 17.7 Å². The summed E-state index contributed by atoms with van der Waals surface area (Å²) >= 11 is 6.34. The fourth-order valence-corrected chi connectivity index (χ4v) is 4.61. The maximum absolute atomic E-state index is 12.9. The van der Waals surface area contributed by atoms with Crippen LogP contribution in [0.5, 0.6) is 0 Å². The molecule has 1 fully saturated rings. The molecule has 146 valence electrons. The second-order valence-corrected chi connectivity index (χ2v) is 8.42. The number of nitrogens with zero attached hydrogens (tertiary/aromatic N) is 1. The Morgan fingerprint density at radius 1 is 1.04 bits per heavy atom. The van der Waals surface area contributed by atoms with Crippen LogP contribution in [0.15, 0.2) is 41.3 Å². The Labute approximate surface area is 166 Å². The predicted octanol–water partition coefficient (Wildman–Crippen LogP) is 1.86. The number of sulfonamides is 1. The maximum atomic E-state index is 12.9. The van der Waals surface area contributed by atoms with Crippen LogP contribution in [0.1, 0.15) is 20.7 Å². The molecule has 0 unspecified atom stereocenters. The summed E-state index contributed by atoms with van der Waals surface area (Å²) in [4.78, 5) is 25.3. The molecular formula is C18H16ClN3O5S. The van der Waals surface area contributed by atoms with Gasteiger partial charge in [0.05, 0.1) is 45.6 Å². The van der Waals surface area contributed by atoms with Crippen LogP contribution in [0.25, 0.3) is 0 Å². The first-order valence-electron chi connectivity index (χ1n) is 8.50. The summed E-state index contributed by atoms with van der Waals surface area (Å²) in [5, 5.41) is 2.56. The molecule has 8 nitrogen and oxygen atoms in total. The van der Waals surface area contributed by atoms with Crippen LogP contribution < -0.4 is 14.9 Å². The first-order valence-corrected chi connectivity index (χ1v) is 10.4. The van der Waals surface area contributed by atoms with Crippen molar-refractivity contribution >= 4 is 44.8 Å².